The van der Waals surface area contributed by atoms with Gasteiger partial charge in [0.25, 0.3) is 22.7 Å². The number of non-ortho nitro benzene ring substituents is 4. The summed E-state index contributed by atoms with van der Waals surface area (Å²) in [6.07, 6.45) is 0. The van der Waals surface area contributed by atoms with Gasteiger partial charge in [-0.05, 0) is 0 Å². The summed E-state index contributed by atoms with van der Waals surface area (Å²) in [4.78, 5) is 39.8. The lowest BCUT2D eigenvalue weighted by Gasteiger charge is -2.04. The first-order valence-electron chi connectivity index (χ1n) is 6.52. The largest absolute Gasteiger partial charge is 0.317 e. The van der Waals surface area contributed by atoms with Gasteiger partial charge in [0, 0.05) is 34.9 Å². The van der Waals surface area contributed by atoms with E-state index >= 15 is 0 Å². The summed E-state index contributed by atoms with van der Waals surface area (Å²) in [6, 6.07) is 4.60. The lowest BCUT2D eigenvalue weighted by molar-refractivity contribution is -0.394. The monoisotopic (exact) mass is 382 g/mol. The quantitative estimate of drug-likeness (QED) is 0.407. The Balaban J connectivity index is 2.65. The number of nitrogens with zero attached hydrogens (tertiary/aromatic N) is 4. The van der Waals surface area contributed by atoms with E-state index in [1.54, 1.807) is 0 Å². The Morgan fingerprint density at radius 2 is 0.769 bits per heavy atom. The molecule has 0 N–H and O–H groups in total. The zero-order chi connectivity index (χ0) is 19.6. The number of nitro groups is 4. The highest BCUT2D eigenvalue weighted by Crippen LogP contribution is 2.30. The molecule has 0 saturated heterocycles. The Morgan fingerprint density at radius 1 is 0.538 bits per heavy atom. The maximum atomic E-state index is 12.6. The molecule has 26 heavy (non-hydrogen) atoms. The second-order valence-corrected chi connectivity index (χ2v) is 6.65. The molecule has 0 saturated carbocycles. The minimum atomic E-state index is -3.23. The topological polar surface area (TPSA) is 190 Å². The molecule has 14 heteroatoms. The molecule has 0 aliphatic rings. The van der Waals surface area contributed by atoms with E-state index in [0.717, 1.165) is 24.3 Å². The molecule has 2 aromatic rings. The first-order chi connectivity index (χ1) is 12.1. The third-order valence-electron chi connectivity index (χ3n) is 3.17. The van der Waals surface area contributed by atoms with Crippen LogP contribution in [0.2, 0.25) is 0 Å². The van der Waals surface area contributed by atoms with Crippen molar-refractivity contribution >= 4 is 41.2 Å². The summed E-state index contributed by atoms with van der Waals surface area (Å²) in [5.41, 5.74) is -2.81. The van der Waals surface area contributed by atoms with Gasteiger partial charge in [0.05, 0.1) is 31.8 Å². The third kappa shape index (κ3) is 3.84. The van der Waals surface area contributed by atoms with E-state index in [0.29, 0.717) is 12.1 Å². The van der Waals surface area contributed by atoms with Crippen molar-refractivity contribution in [2.75, 3.05) is 0 Å². The van der Waals surface area contributed by atoms with Crippen LogP contribution in [0.4, 0.5) is 22.7 Å². The Morgan fingerprint density at radius 3 is 0.962 bits per heavy atom. The molecule has 2 aromatic carbocycles. The molecule has 0 heterocycles. The molecule has 0 atom stereocenters. The maximum Gasteiger partial charge on any atom is 0.277 e. The Labute approximate surface area is 143 Å². The minimum Gasteiger partial charge on any atom is -0.317 e. The van der Waals surface area contributed by atoms with Gasteiger partial charge in [0.15, 0.2) is 0 Å². The molecule has 0 fully saturated rings. The summed E-state index contributed by atoms with van der Waals surface area (Å²) in [5, 5.41) is 42.9. The van der Waals surface area contributed by atoms with Crippen LogP contribution in [0, 0.1) is 40.5 Å². The molecule has 0 radical (unpaired) electrons. The van der Waals surface area contributed by atoms with Crippen molar-refractivity contribution in [2.24, 2.45) is 0 Å². The molecule has 0 aliphatic heterocycles. The fourth-order valence-electron chi connectivity index (χ4n) is 2.04. The molecular formula is C12H7N4O9P. The van der Waals surface area contributed by atoms with E-state index in [1.165, 1.54) is 0 Å². The van der Waals surface area contributed by atoms with Gasteiger partial charge < -0.3 is 4.57 Å². The highest BCUT2D eigenvalue weighted by molar-refractivity contribution is 7.61. The number of hydrogen-bond acceptors (Lipinski definition) is 9. The summed E-state index contributed by atoms with van der Waals surface area (Å²) < 4.78 is 12.6. The van der Waals surface area contributed by atoms with Crippen molar-refractivity contribution in [1.29, 1.82) is 0 Å². The molecule has 0 bridgehead atoms. The Kier molecular flexibility index (Phi) is 5.03. The molecule has 0 amide bonds. The van der Waals surface area contributed by atoms with Crippen LogP contribution in [0.25, 0.3) is 0 Å². The average Bonchev–Trinajstić information content (AvgIpc) is 2.59. The van der Waals surface area contributed by atoms with Gasteiger partial charge in [-0.3, -0.25) is 40.5 Å². The zero-order valence-corrected chi connectivity index (χ0v) is 13.4. The van der Waals surface area contributed by atoms with E-state index < -0.39 is 50.2 Å². The standard InChI is InChI=1S/C12H7N4O9P/c17-13(18)7-1-8(14(19)20)4-11(3-7)26(25)12-5-9(15(21)22)2-10(6-12)16(23)24/h1-6,26H. The normalized spacial score (nSPS) is 10.5. The molecule has 0 spiro atoms. The van der Waals surface area contributed by atoms with Crippen LogP contribution < -0.4 is 10.6 Å². The van der Waals surface area contributed by atoms with Gasteiger partial charge in [-0.15, -0.1) is 0 Å². The second kappa shape index (κ2) is 7.03. The summed E-state index contributed by atoms with van der Waals surface area (Å²) in [7, 11) is -3.23. The summed E-state index contributed by atoms with van der Waals surface area (Å²) >= 11 is 0. The lowest BCUT2D eigenvalue weighted by atomic mass is 10.3. The minimum absolute atomic E-state index is 0.328. The number of rotatable bonds is 6. The third-order valence-corrected chi connectivity index (χ3v) is 4.80. The van der Waals surface area contributed by atoms with Crippen LogP contribution in [-0.4, -0.2) is 19.7 Å². The molecular weight excluding hydrogens is 375 g/mol. The van der Waals surface area contributed by atoms with Crippen molar-refractivity contribution in [3.05, 3.63) is 76.9 Å². The Hall–Kier alpha value is -3.73. The van der Waals surface area contributed by atoms with E-state index in [1.807, 2.05) is 0 Å². The van der Waals surface area contributed by atoms with Crippen LogP contribution >= 0.6 is 7.80 Å². The van der Waals surface area contributed by atoms with Gasteiger partial charge >= 0.3 is 0 Å². The van der Waals surface area contributed by atoms with Gasteiger partial charge in [0.2, 0.25) is 0 Å². The predicted octanol–water partition coefficient (Wildman–Crippen LogP) is 1.83. The first-order valence-corrected chi connectivity index (χ1v) is 7.93. The highest BCUT2D eigenvalue weighted by Gasteiger charge is 2.23. The molecule has 2 rings (SSSR count). The van der Waals surface area contributed by atoms with Crippen LogP contribution in [0.5, 0.6) is 0 Å². The van der Waals surface area contributed by atoms with E-state index in [2.05, 4.69) is 0 Å². The van der Waals surface area contributed by atoms with E-state index in [9.17, 15) is 45.0 Å². The fraction of sp³-hybridized carbons (Fsp3) is 0. The average molecular weight is 382 g/mol. The maximum absolute atomic E-state index is 12.6. The van der Waals surface area contributed by atoms with Crippen molar-refractivity contribution in [1.82, 2.24) is 0 Å². The molecule has 0 unspecified atom stereocenters. The van der Waals surface area contributed by atoms with Gasteiger partial charge in [0.1, 0.15) is 7.80 Å². The molecule has 0 aromatic heterocycles. The Bertz CT molecular complexity index is 849. The molecule has 134 valence electrons. The zero-order valence-electron chi connectivity index (χ0n) is 12.4. The summed E-state index contributed by atoms with van der Waals surface area (Å²) in [6.45, 7) is 0. The smallest absolute Gasteiger partial charge is 0.277 e. The van der Waals surface area contributed by atoms with E-state index in [4.69, 9.17) is 0 Å². The van der Waals surface area contributed by atoms with Crippen LogP contribution in [-0.2, 0) is 4.57 Å². The van der Waals surface area contributed by atoms with Gasteiger partial charge in [-0.25, -0.2) is 0 Å². The molecule has 13 nitrogen and oxygen atoms in total. The first kappa shape index (κ1) is 18.6. The summed E-state index contributed by atoms with van der Waals surface area (Å²) in [5.74, 6) is 0. The van der Waals surface area contributed by atoms with Crippen molar-refractivity contribution in [2.45, 2.75) is 0 Å². The number of hydrogen-bond donors (Lipinski definition) is 0. The fourth-order valence-corrected chi connectivity index (χ4v) is 3.49. The van der Waals surface area contributed by atoms with Crippen LogP contribution in [0.15, 0.2) is 36.4 Å². The number of nitro benzene ring substituents is 4. The van der Waals surface area contributed by atoms with Crippen molar-refractivity contribution < 1.29 is 24.3 Å². The number of benzene rings is 2. The lowest BCUT2D eigenvalue weighted by Crippen LogP contribution is -2.10. The van der Waals surface area contributed by atoms with Crippen molar-refractivity contribution in [3.8, 4) is 0 Å². The van der Waals surface area contributed by atoms with Crippen LogP contribution in [0.1, 0.15) is 0 Å². The van der Waals surface area contributed by atoms with Crippen molar-refractivity contribution in [3.63, 3.8) is 0 Å². The van der Waals surface area contributed by atoms with E-state index in [-0.39, 0.29) is 10.6 Å². The highest BCUT2D eigenvalue weighted by atomic mass is 31.1. The molecule has 0 aliphatic carbocycles. The SMILES string of the molecule is O=[N+]([O-])c1cc([N+](=O)[O-])cc([PH](=O)c2cc([N+](=O)[O-])cc([N+](=O)[O-])c2)c1. The predicted molar refractivity (Wildman–Crippen MR) is 87.8 cm³/mol. The second-order valence-electron chi connectivity index (χ2n) is 4.83. The van der Waals surface area contributed by atoms with Gasteiger partial charge in [-0.1, -0.05) is 0 Å². The van der Waals surface area contributed by atoms with Gasteiger partial charge in [-0.2, -0.15) is 0 Å². The van der Waals surface area contributed by atoms with Crippen LogP contribution in [0.3, 0.4) is 0 Å².